The number of tetrazole rings is 1. The second-order valence-corrected chi connectivity index (χ2v) is 4.61. The lowest BCUT2D eigenvalue weighted by Gasteiger charge is -2.05. The molecule has 1 heterocycles. The van der Waals surface area contributed by atoms with Crippen molar-refractivity contribution in [1.29, 1.82) is 0 Å². The number of carbonyl (C=O) groups is 1. The molecule has 0 aromatic carbocycles. The van der Waals surface area contributed by atoms with Gasteiger partial charge in [-0.15, -0.1) is 5.10 Å². The highest BCUT2D eigenvalue weighted by Crippen LogP contribution is 2.36. The van der Waals surface area contributed by atoms with Crippen LogP contribution in [0.3, 0.4) is 0 Å². The van der Waals surface area contributed by atoms with Crippen molar-refractivity contribution < 1.29 is 4.79 Å². The van der Waals surface area contributed by atoms with Crippen molar-refractivity contribution in [3.8, 4) is 0 Å². The molecule has 1 saturated carbocycles. The van der Waals surface area contributed by atoms with Crippen LogP contribution in [0.5, 0.6) is 0 Å². The van der Waals surface area contributed by atoms with Gasteiger partial charge in [-0.25, -0.2) is 4.68 Å². The smallest absolute Gasteiger partial charge is 0.230 e. The van der Waals surface area contributed by atoms with Gasteiger partial charge >= 0.3 is 0 Å². The standard InChI is InChI=1S/C7H11N5OS/c1-4(6(8)13)14-7-9-10-11-12(7)5-2-3-5/h4-5H,2-3H2,1H3,(H2,8,13). The van der Waals surface area contributed by atoms with E-state index in [1.54, 1.807) is 11.6 Å². The first-order valence-electron chi connectivity index (χ1n) is 4.42. The van der Waals surface area contributed by atoms with E-state index in [1.165, 1.54) is 11.8 Å². The van der Waals surface area contributed by atoms with E-state index in [1.807, 2.05) is 0 Å². The molecule has 76 valence electrons. The Morgan fingerprint density at radius 3 is 3.00 bits per heavy atom. The SMILES string of the molecule is CC(Sc1nnnn1C1CC1)C(N)=O. The molecule has 14 heavy (non-hydrogen) atoms. The van der Waals surface area contributed by atoms with E-state index in [-0.39, 0.29) is 11.2 Å². The molecular weight excluding hydrogens is 202 g/mol. The van der Waals surface area contributed by atoms with E-state index in [4.69, 9.17) is 5.73 Å². The van der Waals surface area contributed by atoms with Crippen LogP contribution in [0.2, 0.25) is 0 Å². The normalized spacial score (nSPS) is 18.1. The fraction of sp³-hybridized carbons (Fsp3) is 0.714. The number of nitrogens with zero attached hydrogens (tertiary/aromatic N) is 4. The Morgan fingerprint density at radius 2 is 2.43 bits per heavy atom. The van der Waals surface area contributed by atoms with Crippen LogP contribution in [0.15, 0.2) is 5.16 Å². The summed E-state index contributed by atoms with van der Waals surface area (Å²) in [6.07, 6.45) is 2.23. The van der Waals surface area contributed by atoms with Crippen LogP contribution in [0, 0.1) is 0 Å². The maximum atomic E-state index is 10.8. The molecule has 1 aromatic rings. The van der Waals surface area contributed by atoms with Crippen LogP contribution in [0.25, 0.3) is 0 Å². The van der Waals surface area contributed by atoms with Crippen molar-refractivity contribution in [1.82, 2.24) is 20.2 Å². The number of hydrogen-bond donors (Lipinski definition) is 1. The summed E-state index contributed by atoms with van der Waals surface area (Å²) < 4.78 is 1.77. The van der Waals surface area contributed by atoms with E-state index >= 15 is 0 Å². The molecule has 7 heteroatoms. The first-order valence-corrected chi connectivity index (χ1v) is 5.30. The van der Waals surface area contributed by atoms with Crippen molar-refractivity contribution in [3.63, 3.8) is 0 Å². The van der Waals surface area contributed by atoms with Crippen LogP contribution < -0.4 is 5.73 Å². The largest absolute Gasteiger partial charge is 0.369 e. The zero-order chi connectivity index (χ0) is 10.1. The van der Waals surface area contributed by atoms with E-state index in [0.29, 0.717) is 11.2 Å². The molecule has 1 amide bonds. The molecule has 1 atom stereocenters. The summed E-state index contributed by atoms with van der Waals surface area (Å²) in [5.41, 5.74) is 5.16. The summed E-state index contributed by atoms with van der Waals surface area (Å²) in [5.74, 6) is -0.347. The maximum absolute atomic E-state index is 10.8. The number of carbonyl (C=O) groups excluding carboxylic acids is 1. The number of amides is 1. The molecule has 1 aromatic heterocycles. The quantitative estimate of drug-likeness (QED) is 0.710. The third-order valence-corrected chi connectivity index (χ3v) is 3.10. The highest BCUT2D eigenvalue weighted by molar-refractivity contribution is 8.00. The molecule has 0 aliphatic heterocycles. The van der Waals surface area contributed by atoms with Gasteiger partial charge in [-0.3, -0.25) is 4.79 Å². The lowest BCUT2D eigenvalue weighted by Crippen LogP contribution is -2.23. The molecule has 1 fully saturated rings. The summed E-state index contributed by atoms with van der Waals surface area (Å²) in [7, 11) is 0. The van der Waals surface area contributed by atoms with E-state index < -0.39 is 0 Å². The minimum absolute atomic E-state index is 0.293. The first-order chi connectivity index (χ1) is 6.68. The Hall–Kier alpha value is -1.11. The molecule has 0 spiro atoms. The minimum Gasteiger partial charge on any atom is -0.369 e. The molecule has 0 radical (unpaired) electrons. The van der Waals surface area contributed by atoms with Crippen molar-refractivity contribution in [2.75, 3.05) is 0 Å². The average molecular weight is 213 g/mol. The second kappa shape index (κ2) is 3.56. The number of aromatic nitrogens is 4. The van der Waals surface area contributed by atoms with Gasteiger partial charge in [0.1, 0.15) is 0 Å². The predicted octanol–water partition coefficient (Wildman–Crippen LogP) is -0.0261. The van der Waals surface area contributed by atoms with Gasteiger partial charge in [0.15, 0.2) is 0 Å². The van der Waals surface area contributed by atoms with Crippen molar-refractivity contribution >= 4 is 17.7 Å². The van der Waals surface area contributed by atoms with Gasteiger partial charge in [-0.1, -0.05) is 11.8 Å². The lowest BCUT2D eigenvalue weighted by molar-refractivity contribution is -0.117. The highest BCUT2D eigenvalue weighted by Gasteiger charge is 2.29. The van der Waals surface area contributed by atoms with Crippen LogP contribution in [-0.4, -0.2) is 31.4 Å². The Kier molecular flexibility index (Phi) is 2.40. The third kappa shape index (κ3) is 1.87. The van der Waals surface area contributed by atoms with Gasteiger partial charge in [0.2, 0.25) is 11.1 Å². The van der Waals surface area contributed by atoms with Crippen molar-refractivity contribution in [3.05, 3.63) is 0 Å². The molecule has 2 N–H and O–H groups in total. The van der Waals surface area contributed by atoms with E-state index in [9.17, 15) is 4.79 Å². The summed E-state index contributed by atoms with van der Waals surface area (Å²) in [6.45, 7) is 1.75. The molecule has 6 nitrogen and oxygen atoms in total. The van der Waals surface area contributed by atoms with Crippen LogP contribution >= 0.6 is 11.8 Å². The molecule has 1 aliphatic carbocycles. The molecule has 1 unspecified atom stereocenters. The highest BCUT2D eigenvalue weighted by atomic mass is 32.2. The molecular formula is C7H11N5OS. The average Bonchev–Trinajstić information content (AvgIpc) is 2.88. The number of thioether (sulfide) groups is 1. The molecule has 0 bridgehead atoms. The van der Waals surface area contributed by atoms with E-state index in [2.05, 4.69) is 15.5 Å². The Morgan fingerprint density at radius 1 is 1.71 bits per heavy atom. The van der Waals surface area contributed by atoms with Crippen LogP contribution in [0.4, 0.5) is 0 Å². The fourth-order valence-electron chi connectivity index (χ4n) is 1.03. The number of rotatable bonds is 4. The second-order valence-electron chi connectivity index (χ2n) is 3.30. The fourth-order valence-corrected chi connectivity index (χ4v) is 1.84. The molecule has 2 rings (SSSR count). The topological polar surface area (TPSA) is 86.7 Å². The van der Waals surface area contributed by atoms with Gasteiger partial charge in [-0.2, -0.15) is 0 Å². The zero-order valence-corrected chi connectivity index (χ0v) is 8.57. The third-order valence-electron chi connectivity index (χ3n) is 2.04. The number of nitrogens with two attached hydrogens (primary N) is 1. The van der Waals surface area contributed by atoms with Crippen LogP contribution in [0.1, 0.15) is 25.8 Å². The monoisotopic (exact) mass is 213 g/mol. The minimum atomic E-state index is -0.347. The number of hydrogen-bond acceptors (Lipinski definition) is 5. The Labute approximate surface area is 85.2 Å². The molecule has 0 saturated heterocycles. The maximum Gasteiger partial charge on any atom is 0.230 e. The van der Waals surface area contributed by atoms with Gasteiger partial charge < -0.3 is 5.73 Å². The summed E-state index contributed by atoms with van der Waals surface area (Å²) in [4.78, 5) is 10.8. The Balaban J connectivity index is 2.08. The van der Waals surface area contributed by atoms with Gasteiger partial charge in [0.25, 0.3) is 0 Å². The van der Waals surface area contributed by atoms with Gasteiger partial charge in [0, 0.05) is 0 Å². The predicted molar refractivity (Wildman–Crippen MR) is 50.6 cm³/mol. The van der Waals surface area contributed by atoms with Crippen molar-refractivity contribution in [2.24, 2.45) is 5.73 Å². The summed E-state index contributed by atoms with van der Waals surface area (Å²) in [5, 5.41) is 11.7. The summed E-state index contributed by atoms with van der Waals surface area (Å²) in [6, 6.07) is 0.424. The summed E-state index contributed by atoms with van der Waals surface area (Å²) >= 11 is 1.31. The van der Waals surface area contributed by atoms with Crippen molar-refractivity contribution in [2.45, 2.75) is 36.2 Å². The first kappa shape index (κ1) is 9.45. The van der Waals surface area contributed by atoms with Crippen LogP contribution in [-0.2, 0) is 4.79 Å². The zero-order valence-electron chi connectivity index (χ0n) is 7.75. The number of primary amides is 1. The molecule has 1 aliphatic rings. The van der Waals surface area contributed by atoms with Gasteiger partial charge in [0.05, 0.1) is 11.3 Å². The Bertz CT molecular complexity index is 348. The lowest BCUT2D eigenvalue weighted by atomic mass is 10.5. The van der Waals surface area contributed by atoms with E-state index in [0.717, 1.165) is 12.8 Å². The van der Waals surface area contributed by atoms with Gasteiger partial charge in [-0.05, 0) is 30.2 Å².